The van der Waals surface area contributed by atoms with Crippen molar-refractivity contribution in [3.05, 3.63) is 36.3 Å². The standard InChI is InChI=1S/C13H12FN/c1-2-3-4-8-15-9-7-11-10-12(14)5-6-13(11)15/h1,5-7,9-10H,3-4,8H2. The zero-order valence-electron chi connectivity index (χ0n) is 8.41. The van der Waals surface area contributed by atoms with Gasteiger partial charge in [-0.25, -0.2) is 4.39 Å². The van der Waals surface area contributed by atoms with E-state index >= 15 is 0 Å². The third-order valence-electron chi connectivity index (χ3n) is 2.45. The molecule has 0 aliphatic heterocycles. The van der Waals surface area contributed by atoms with Crippen LogP contribution in [0.4, 0.5) is 4.39 Å². The van der Waals surface area contributed by atoms with Gasteiger partial charge in [-0.05, 0) is 30.7 Å². The lowest BCUT2D eigenvalue weighted by atomic mass is 10.2. The van der Waals surface area contributed by atoms with Crippen molar-refractivity contribution in [3.8, 4) is 12.3 Å². The summed E-state index contributed by atoms with van der Waals surface area (Å²) in [5.41, 5.74) is 1.06. The van der Waals surface area contributed by atoms with Crippen LogP contribution in [0.1, 0.15) is 12.8 Å². The van der Waals surface area contributed by atoms with Crippen molar-refractivity contribution in [2.45, 2.75) is 19.4 Å². The predicted molar refractivity (Wildman–Crippen MR) is 60.0 cm³/mol. The summed E-state index contributed by atoms with van der Waals surface area (Å²) in [4.78, 5) is 0. The van der Waals surface area contributed by atoms with Crippen molar-refractivity contribution < 1.29 is 4.39 Å². The van der Waals surface area contributed by atoms with Gasteiger partial charge in [0.15, 0.2) is 0 Å². The number of terminal acetylenes is 1. The third kappa shape index (κ3) is 2.02. The smallest absolute Gasteiger partial charge is 0.123 e. The molecule has 0 saturated carbocycles. The lowest BCUT2D eigenvalue weighted by Crippen LogP contribution is -1.95. The van der Waals surface area contributed by atoms with Gasteiger partial charge >= 0.3 is 0 Å². The van der Waals surface area contributed by atoms with Crippen molar-refractivity contribution >= 4 is 10.9 Å². The Hall–Kier alpha value is -1.75. The van der Waals surface area contributed by atoms with Crippen LogP contribution in [0, 0.1) is 18.2 Å². The lowest BCUT2D eigenvalue weighted by molar-refractivity contribution is 0.629. The monoisotopic (exact) mass is 201 g/mol. The molecule has 2 rings (SSSR count). The summed E-state index contributed by atoms with van der Waals surface area (Å²) in [7, 11) is 0. The van der Waals surface area contributed by atoms with E-state index in [1.807, 2.05) is 12.3 Å². The van der Waals surface area contributed by atoms with Crippen LogP contribution in [-0.2, 0) is 6.54 Å². The number of aryl methyl sites for hydroxylation is 1. The summed E-state index contributed by atoms with van der Waals surface area (Å²) in [6, 6.07) is 6.77. The lowest BCUT2D eigenvalue weighted by Gasteiger charge is -2.03. The molecule has 1 heterocycles. The van der Waals surface area contributed by atoms with Gasteiger partial charge < -0.3 is 4.57 Å². The number of unbranched alkanes of at least 4 members (excludes halogenated alkanes) is 1. The van der Waals surface area contributed by atoms with Gasteiger partial charge in [-0.15, -0.1) is 12.3 Å². The average molecular weight is 201 g/mol. The van der Waals surface area contributed by atoms with E-state index in [-0.39, 0.29) is 5.82 Å². The summed E-state index contributed by atoms with van der Waals surface area (Å²) < 4.78 is 15.0. The van der Waals surface area contributed by atoms with E-state index in [9.17, 15) is 4.39 Å². The molecule has 1 aromatic heterocycles. The molecule has 2 heteroatoms. The fourth-order valence-electron chi connectivity index (χ4n) is 1.72. The highest BCUT2D eigenvalue weighted by Gasteiger charge is 2.01. The molecule has 0 N–H and O–H groups in total. The van der Waals surface area contributed by atoms with E-state index in [0.717, 1.165) is 30.3 Å². The van der Waals surface area contributed by atoms with E-state index in [2.05, 4.69) is 10.5 Å². The Balaban J connectivity index is 2.26. The van der Waals surface area contributed by atoms with Gasteiger partial charge in [0, 0.05) is 30.1 Å². The largest absolute Gasteiger partial charge is 0.347 e. The molecule has 1 aromatic carbocycles. The molecular weight excluding hydrogens is 189 g/mol. The summed E-state index contributed by atoms with van der Waals surface area (Å²) in [5.74, 6) is 2.42. The Bertz CT molecular complexity index is 505. The molecule has 15 heavy (non-hydrogen) atoms. The maximum absolute atomic E-state index is 12.9. The minimum atomic E-state index is -0.191. The molecule has 0 bridgehead atoms. The molecule has 2 aromatic rings. The zero-order valence-corrected chi connectivity index (χ0v) is 8.41. The number of hydrogen-bond acceptors (Lipinski definition) is 0. The Kier molecular flexibility index (Phi) is 2.73. The van der Waals surface area contributed by atoms with Crippen LogP contribution in [0.2, 0.25) is 0 Å². The van der Waals surface area contributed by atoms with Crippen molar-refractivity contribution in [1.29, 1.82) is 0 Å². The number of halogens is 1. The van der Waals surface area contributed by atoms with E-state index < -0.39 is 0 Å². The van der Waals surface area contributed by atoms with Gasteiger partial charge in [0.2, 0.25) is 0 Å². The van der Waals surface area contributed by atoms with Crippen LogP contribution in [0.15, 0.2) is 30.5 Å². The zero-order chi connectivity index (χ0) is 10.7. The Morgan fingerprint density at radius 3 is 3.00 bits per heavy atom. The minimum absolute atomic E-state index is 0.191. The normalized spacial score (nSPS) is 10.4. The van der Waals surface area contributed by atoms with Crippen molar-refractivity contribution in [3.63, 3.8) is 0 Å². The molecule has 0 aliphatic carbocycles. The SMILES string of the molecule is C#CCCCn1ccc2cc(F)ccc21. The van der Waals surface area contributed by atoms with Crippen LogP contribution in [0.5, 0.6) is 0 Å². The van der Waals surface area contributed by atoms with Gasteiger partial charge in [0.05, 0.1) is 0 Å². The van der Waals surface area contributed by atoms with Gasteiger partial charge in [-0.3, -0.25) is 0 Å². The molecule has 76 valence electrons. The molecule has 0 unspecified atom stereocenters. The van der Waals surface area contributed by atoms with Crippen molar-refractivity contribution in [2.24, 2.45) is 0 Å². The van der Waals surface area contributed by atoms with E-state index in [1.54, 1.807) is 12.1 Å². The van der Waals surface area contributed by atoms with E-state index in [4.69, 9.17) is 6.42 Å². The van der Waals surface area contributed by atoms with Crippen LogP contribution in [0.3, 0.4) is 0 Å². The van der Waals surface area contributed by atoms with Gasteiger partial charge in [0.25, 0.3) is 0 Å². The molecule has 1 nitrogen and oxygen atoms in total. The number of aromatic nitrogens is 1. The predicted octanol–water partition coefficient (Wildman–Crippen LogP) is 3.19. The van der Waals surface area contributed by atoms with Gasteiger partial charge in [-0.2, -0.15) is 0 Å². The molecule has 0 fully saturated rings. The quantitative estimate of drug-likeness (QED) is 0.531. The van der Waals surface area contributed by atoms with Gasteiger partial charge in [0.1, 0.15) is 5.82 Å². The number of nitrogens with zero attached hydrogens (tertiary/aromatic N) is 1. The highest BCUT2D eigenvalue weighted by Crippen LogP contribution is 2.17. The van der Waals surface area contributed by atoms with Crippen LogP contribution in [-0.4, -0.2) is 4.57 Å². The summed E-state index contributed by atoms with van der Waals surface area (Å²) in [6.45, 7) is 0.888. The highest BCUT2D eigenvalue weighted by atomic mass is 19.1. The average Bonchev–Trinajstić information content (AvgIpc) is 2.61. The first-order valence-electron chi connectivity index (χ1n) is 4.99. The Morgan fingerprint density at radius 1 is 1.33 bits per heavy atom. The van der Waals surface area contributed by atoms with Gasteiger partial charge in [-0.1, -0.05) is 0 Å². The second-order valence-corrected chi connectivity index (χ2v) is 3.52. The number of hydrogen-bond donors (Lipinski definition) is 0. The number of fused-ring (bicyclic) bond motifs is 1. The number of rotatable bonds is 3. The van der Waals surface area contributed by atoms with E-state index in [1.165, 1.54) is 6.07 Å². The molecule has 0 atom stereocenters. The summed E-state index contributed by atoms with van der Waals surface area (Å²) >= 11 is 0. The first-order valence-corrected chi connectivity index (χ1v) is 4.99. The molecule has 0 radical (unpaired) electrons. The Morgan fingerprint density at radius 2 is 2.20 bits per heavy atom. The maximum Gasteiger partial charge on any atom is 0.123 e. The Labute approximate surface area is 88.5 Å². The molecule has 0 amide bonds. The van der Waals surface area contributed by atoms with E-state index in [0.29, 0.717) is 0 Å². The second-order valence-electron chi connectivity index (χ2n) is 3.52. The topological polar surface area (TPSA) is 4.93 Å². The maximum atomic E-state index is 12.9. The molecule has 0 saturated heterocycles. The van der Waals surface area contributed by atoms with Crippen molar-refractivity contribution in [2.75, 3.05) is 0 Å². The first kappa shape index (κ1) is 9.79. The fourth-order valence-corrected chi connectivity index (χ4v) is 1.72. The highest BCUT2D eigenvalue weighted by molar-refractivity contribution is 5.80. The van der Waals surface area contributed by atoms with Crippen LogP contribution < -0.4 is 0 Å². The van der Waals surface area contributed by atoms with Crippen molar-refractivity contribution in [1.82, 2.24) is 4.57 Å². The fraction of sp³-hybridized carbons (Fsp3) is 0.231. The second kappa shape index (κ2) is 4.18. The summed E-state index contributed by atoms with van der Waals surface area (Å²) in [6.07, 6.45) is 8.90. The van der Waals surface area contributed by atoms with Crippen LogP contribution >= 0.6 is 0 Å². The summed E-state index contributed by atoms with van der Waals surface area (Å²) in [5, 5.41) is 0.940. The number of benzene rings is 1. The molecule has 0 aliphatic rings. The third-order valence-corrected chi connectivity index (χ3v) is 2.45. The van der Waals surface area contributed by atoms with Crippen LogP contribution in [0.25, 0.3) is 10.9 Å². The molecule has 0 spiro atoms. The molecular formula is C13H12FN. The minimum Gasteiger partial charge on any atom is -0.347 e. The first-order chi connectivity index (χ1) is 7.31.